The molecule has 0 unspecified atom stereocenters. The quantitative estimate of drug-likeness (QED) is 0.475. The number of hydrogen-bond acceptors (Lipinski definition) is 5. The van der Waals surface area contributed by atoms with Gasteiger partial charge in [0.1, 0.15) is 6.20 Å². The molecule has 1 aromatic heterocycles. The van der Waals surface area contributed by atoms with Crippen molar-refractivity contribution in [1.82, 2.24) is 4.98 Å². The molecule has 0 N–H and O–H groups in total. The summed E-state index contributed by atoms with van der Waals surface area (Å²) in [5, 5.41) is 10.5. The van der Waals surface area contributed by atoms with Crippen LogP contribution in [0.25, 0.3) is 0 Å². The van der Waals surface area contributed by atoms with Crippen LogP contribution in [0.1, 0.15) is 20.9 Å². The van der Waals surface area contributed by atoms with E-state index < -0.39 is 4.92 Å². The molecule has 0 aliphatic rings. The Hall–Kier alpha value is -2.08. The lowest BCUT2D eigenvalue weighted by Gasteiger charge is -1.97. The predicted octanol–water partition coefficient (Wildman–Crippen LogP) is 2.59. The molecule has 86 valence electrons. The van der Waals surface area contributed by atoms with Crippen LogP contribution in [0.5, 0.6) is 0 Å². The zero-order valence-corrected chi connectivity index (χ0v) is 9.73. The van der Waals surface area contributed by atoms with Crippen molar-refractivity contribution in [1.29, 1.82) is 0 Å². The largest absolute Gasteiger partial charge is 0.344 e. The van der Waals surface area contributed by atoms with E-state index in [4.69, 9.17) is 0 Å². The van der Waals surface area contributed by atoms with Gasteiger partial charge in [-0.25, -0.2) is 4.98 Å². The standard InChI is InChI=1S/C11H8N2O3S/c1-7-2-4-8(5-3-7)10(14)11-12-6-9(17-11)13(15)16/h2-6H,1H3. The summed E-state index contributed by atoms with van der Waals surface area (Å²) in [5.41, 5.74) is 1.53. The van der Waals surface area contributed by atoms with E-state index in [1.54, 1.807) is 12.1 Å². The van der Waals surface area contributed by atoms with E-state index in [0.717, 1.165) is 23.1 Å². The van der Waals surface area contributed by atoms with Crippen LogP contribution < -0.4 is 0 Å². The molecule has 0 saturated carbocycles. The van der Waals surface area contributed by atoms with Crippen LogP contribution in [0.2, 0.25) is 0 Å². The van der Waals surface area contributed by atoms with Crippen LogP contribution in [0.15, 0.2) is 30.5 Å². The van der Waals surface area contributed by atoms with Crippen LogP contribution in [-0.4, -0.2) is 15.7 Å². The molecule has 1 heterocycles. The highest BCUT2D eigenvalue weighted by Gasteiger charge is 2.18. The molecule has 2 aromatic rings. The maximum atomic E-state index is 11.9. The molecule has 0 aliphatic heterocycles. The Morgan fingerprint density at radius 2 is 2.00 bits per heavy atom. The second kappa shape index (κ2) is 4.42. The average molecular weight is 248 g/mol. The van der Waals surface area contributed by atoms with Crippen LogP contribution in [0.3, 0.4) is 0 Å². The number of ketones is 1. The number of benzene rings is 1. The van der Waals surface area contributed by atoms with Crippen molar-refractivity contribution in [2.75, 3.05) is 0 Å². The monoisotopic (exact) mass is 248 g/mol. The SMILES string of the molecule is Cc1ccc(C(=O)c2ncc([N+](=O)[O-])s2)cc1. The molecule has 0 saturated heterocycles. The van der Waals surface area contributed by atoms with Gasteiger partial charge in [0.05, 0.1) is 4.92 Å². The minimum absolute atomic E-state index is 0.125. The van der Waals surface area contributed by atoms with E-state index in [0.29, 0.717) is 5.56 Å². The summed E-state index contributed by atoms with van der Waals surface area (Å²) in [6.07, 6.45) is 1.10. The van der Waals surface area contributed by atoms with Gasteiger partial charge in [-0.15, -0.1) is 0 Å². The summed E-state index contributed by atoms with van der Waals surface area (Å²) < 4.78 is 0. The van der Waals surface area contributed by atoms with Gasteiger partial charge < -0.3 is 0 Å². The lowest BCUT2D eigenvalue weighted by atomic mass is 10.1. The molecular formula is C11H8N2O3S. The summed E-state index contributed by atoms with van der Waals surface area (Å²) in [4.78, 5) is 25.6. The fraction of sp³-hybridized carbons (Fsp3) is 0.0909. The van der Waals surface area contributed by atoms with Crippen molar-refractivity contribution in [3.05, 3.63) is 56.7 Å². The molecule has 0 atom stereocenters. The summed E-state index contributed by atoms with van der Waals surface area (Å²) in [6.45, 7) is 1.92. The third-order valence-electron chi connectivity index (χ3n) is 2.18. The first-order valence-corrected chi connectivity index (χ1v) is 5.61. The molecule has 0 radical (unpaired) electrons. The highest BCUT2D eigenvalue weighted by atomic mass is 32.1. The van der Waals surface area contributed by atoms with Gasteiger partial charge in [0.2, 0.25) is 5.78 Å². The van der Waals surface area contributed by atoms with Crippen LogP contribution in [0, 0.1) is 17.0 Å². The zero-order chi connectivity index (χ0) is 12.4. The van der Waals surface area contributed by atoms with Gasteiger partial charge in [-0.1, -0.05) is 29.8 Å². The maximum Gasteiger partial charge on any atom is 0.344 e. The lowest BCUT2D eigenvalue weighted by molar-refractivity contribution is -0.380. The minimum atomic E-state index is -0.552. The van der Waals surface area contributed by atoms with Gasteiger partial charge >= 0.3 is 5.00 Å². The first kappa shape index (κ1) is 11.4. The van der Waals surface area contributed by atoms with E-state index in [2.05, 4.69) is 4.98 Å². The van der Waals surface area contributed by atoms with Crippen molar-refractivity contribution in [2.45, 2.75) is 6.92 Å². The van der Waals surface area contributed by atoms with Gasteiger partial charge in [-0.2, -0.15) is 0 Å². The Balaban J connectivity index is 2.30. The molecule has 5 nitrogen and oxygen atoms in total. The highest BCUT2D eigenvalue weighted by Crippen LogP contribution is 2.23. The van der Waals surface area contributed by atoms with Crippen molar-refractivity contribution in [3.8, 4) is 0 Å². The summed E-state index contributed by atoms with van der Waals surface area (Å²) in [6, 6.07) is 7.00. The van der Waals surface area contributed by atoms with Gasteiger partial charge in [0.25, 0.3) is 0 Å². The van der Waals surface area contributed by atoms with Gasteiger partial charge in [-0.3, -0.25) is 14.9 Å². The summed E-state index contributed by atoms with van der Waals surface area (Å²) in [5.74, 6) is -0.289. The predicted molar refractivity (Wildman–Crippen MR) is 63.4 cm³/mol. The Labute approximate surface area is 101 Å². The molecule has 6 heteroatoms. The Bertz CT molecular complexity index is 575. The number of carbonyl (C=O) groups is 1. The summed E-state index contributed by atoms with van der Waals surface area (Å²) in [7, 11) is 0. The van der Waals surface area contributed by atoms with Crippen molar-refractivity contribution >= 4 is 22.1 Å². The topological polar surface area (TPSA) is 73.1 Å². The number of thiazole rings is 1. The van der Waals surface area contributed by atoms with Crippen molar-refractivity contribution < 1.29 is 9.72 Å². The molecule has 0 aliphatic carbocycles. The molecule has 0 spiro atoms. The smallest absolute Gasteiger partial charge is 0.286 e. The molecule has 1 aromatic carbocycles. The van der Waals surface area contributed by atoms with E-state index >= 15 is 0 Å². The van der Waals surface area contributed by atoms with Gasteiger partial charge in [0, 0.05) is 5.56 Å². The lowest BCUT2D eigenvalue weighted by Crippen LogP contribution is -1.99. The van der Waals surface area contributed by atoms with Gasteiger partial charge in [0.15, 0.2) is 5.01 Å². The number of rotatable bonds is 3. The average Bonchev–Trinajstić information content (AvgIpc) is 2.78. The molecule has 0 amide bonds. The molecule has 2 rings (SSSR count). The van der Waals surface area contributed by atoms with E-state index in [1.165, 1.54) is 0 Å². The Morgan fingerprint density at radius 3 is 2.53 bits per heavy atom. The van der Waals surface area contributed by atoms with E-state index in [9.17, 15) is 14.9 Å². The summed E-state index contributed by atoms with van der Waals surface area (Å²) >= 11 is 0.788. The first-order valence-electron chi connectivity index (χ1n) is 4.79. The number of carbonyl (C=O) groups excluding carboxylic acids is 1. The van der Waals surface area contributed by atoms with Crippen molar-refractivity contribution in [3.63, 3.8) is 0 Å². The van der Waals surface area contributed by atoms with Gasteiger partial charge in [-0.05, 0) is 18.3 Å². The van der Waals surface area contributed by atoms with Crippen LogP contribution in [0.4, 0.5) is 5.00 Å². The van der Waals surface area contributed by atoms with Crippen LogP contribution in [-0.2, 0) is 0 Å². The third kappa shape index (κ3) is 2.36. The second-order valence-electron chi connectivity index (χ2n) is 3.46. The molecule has 17 heavy (non-hydrogen) atoms. The fourth-order valence-corrected chi connectivity index (χ4v) is 1.98. The normalized spacial score (nSPS) is 10.2. The Morgan fingerprint density at radius 1 is 1.35 bits per heavy atom. The zero-order valence-electron chi connectivity index (χ0n) is 8.91. The molecular weight excluding hydrogens is 240 g/mol. The first-order chi connectivity index (χ1) is 8.08. The highest BCUT2D eigenvalue weighted by molar-refractivity contribution is 7.16. The van der Waals surface area contributed by atoms with E-state index in [-0.39, 0.29) is 15.8 Å². The minimum Gasteiger partial charge on any atom is -0.286 e. The maximum absolute atomic E-state index is 11.9. The Kier molecular flexibility index (Phi) is 2.97. The molecule has 0 fully saturated rings. The number of aryl methyl sites for hydroxylation is 1. The second-order valence-corrected chi connectivity index (χ2v) is 4.47. The van der Waals surface area contributed by atoms with Crippen LogP contribution >= 0.6 is 11.3 Å². The molecule has 0 bridgehead atoms. The number of hydrogen-bond donors (Lipinski definition) is 0. The van der Waals surface area contributed by atoms with Crippen molar-refractivity contribution in [2.24, 2.45) is 0 Å². The fourth-order valence-electron chi connectivity index (χ4n) is 1.28. The number of aromatic nitrogens is 1. The number of nitrogens with zero attached hydrogens (tertiary/aromatic N) is 2. The third-order valence-corrected chi connectivity index (χ3v) is 3.13. The number of nitro groups is 1. The van der Waals surface area contributed by atoms with E-state index in [1.807, 2.05) is 19.1 Å².